The zero-order chi connectivity index (χ0) is 21.1. The van der Waals surface area contributed by atoms with E-state index in [0.29, 0.717) is 22.4 Å². The number of hydrogen-bond acceptors (Lipinski definition) is 4. The smallest absolute Gasteiger partial charge is 0.234 e. The van der Waals surface area contributed by atoms with E-state index in [-0.39, 0.29) is 11.7 Å². The number of aryl methyl sites for hydroxylation is 1. The van der Waals surface area contributed by atoms with Crippen molar-refractivity contribution in [3.63, 3.8) is 0 Å². The third-order valence-corrected chi connectivity index (χ3v) is 6.53. The van der Waals surface area contributed by atoms with Crippen LogP contribution in [0.2, 0.25) is 0 Å². The molecule has 0 atom stereocenters. The third-order valence-electron chi connectivity index (χ3n) is 5.56. The van der Waals surface area contributed by atoms with Crippen molar-refractivity contribution in [2.24, 2.45) is 0 Å². The fraction of sp³-hybridized carbons (Fsp3) is 0.458. The Hall–Kier alpha value is -2.32. The summed E-state index contributed by atoms with van der Waals surface area (Å²) in [7, 11) is 0. The SMILES string of the molecule is Cc1c(C#N)c(SCC(=O)Nc2c(C(C)C)cccc2C(C)C)nc2c1CCC2. The summed E-state index contributed by atoms with van der Waals surface area (Å²) in [5.74, 6) is 0.823. The van der Waals surface area contributed by atoms with Crippen molar-refractivity contribution in [3.05, 3.63) is 51.7 Å². The Morgan fingerprint density at radius 3 is 2.45 bits per heavy atom. The molecule has 3 rings (SSSR count). The van der Waals surface area contributed by atoms with Gasteiger partial charge in [0.15, 0.2) is 0 Å². The number of nitriles is 1. The van der Waals surface area contributed by atoms with E-state index in [4.69, 9.17) is 4.98 Å². The second-order valence-electron chi connectivity index (χ2n) is 8.27. The van der Waals surface area contributed by atoms with E-state index in [1.165, 1.54) is 17.3 Å². The Balaban J connectivity index is 1.80. The molecule has 29 heavy (non-hydrogen) atoms. The van der Waals surface area contributed by atoms with Crippen molar-refractivity contribution >= 4 is 23.4 Å². The fourth-order valence-electron chi connectivity index (χ4n) is 3.99. The lowest BCUT2D eigenvalue weighted by Gasteiger charge is -2.20. The molecule has 4 nitrogen and oxygen atoms in total. The molecule has 1 heterocycles. The van der Waals surface area contributed by atoms with Gasteiger partial charge in [0, 0.05) is 11.4 Å². The zero-order valence-corrected chi connectivity index (χ0v) is 18.7. The predicted molar refractivity (Wildman–Crippen MR) is 120 cm³/mol. The Bertz CT molecular complexity index is 947. The molecule has 0 saturated carbocycles. The number of hydrogen-bond donors (Lipinski definition) is 1. The lowest BCUT2D eigenvalue weighted by atomic mass is 9.92. The van der Waals surface area contributed by atoms with Crippen LogP contribution in [-0.4, -0.2) is 16.6 Å². The monoisotopic (exact) mass is 407 g/mol. The minimum absolute atomic E-state index is 0.0613. The zero-order valence-electron chi connectivity index (χ0n) is 17.9. The highest BCUT2D eigenvalue weighted by Crippen LogP contribution is 2.34. The molecule has 0 aliphatic heterocycles. The van der Waals surface area contributed by atoms with Gasteiger partial charge in [-0.25, -0.2) is 4.98 Å². The van der Waals surface area contributed by atoms with Gasteiger partial charge in [-0.05, 0) is 60.3 Å². The minimum atomic E-state index is -0.0613. The van der Waals surface area contributed by atoms with Gasteiger partial charge in [-0.3, -0.25) is 4.79 Å². The van der Waals surface area contributed by atoms with E-state index in [1.807, 2.05) is 6.92 Å². The molecule has 1 aromatic carbocycles. The molecule has 152 valence electrons. The average molecular weight is 408 g/mol. The molecular formula is C24H29N3OS. The summed E-state index contributed by atoms with van der Waals surface area (Å²) in [6, 6.07) is 8.52. The number of nitrogens with one attached hydrogen (secondary N) is 1. The number of aromatic nitrogens is 1. The normalized spacial score (nSPS) is 12.9. The van der Waals surface area contributed by atoms with Gasteiger partial charge >= 0.3 is 0 Å². The summed E-state index contributed by atoms with van der Waals surface area (Å²) in [6.45, 7) is 10.6. The largest absolute Gasteiger partial charge is 0.325 e. The molecule has 1 aliphatic carbocycles. The lowest BCUT2D eigenvalue weighted by molar-refractivity contribution is -0.113. The lowest BCUT2D eigenvalue weighted by Crippen LogP contribution is -2.18. The average Bonchev–Trinajstić information content (AvgIpc) is 3.15. The molecule has 0 bridgehead atoms. The first-order chi connectivity index (χ1) is 13.8. The van der Waals surface area contributed by atoms with Gasteiger partial charge in [-0.1, -0.05) is 57.7 Å². The Morgan fingerprint density at radius 2 is 1.86 bits per heavy atom. The molecule has 0 unspecified atom stereocenters. The van der Waals surface area contributed by atoms with Gasteiger partial charge in [0.1, 0.15) is 11.1 Å². The van der Waals surface area contributed by atoms with Crippen molar-refractivity contribution in [2.45, 2.75) is 70.7 Å². The summed E-state index contributed by atoms with van der Waals surface area (Å²) >= 11 is 1.36. The molecule has 0 radical (unpaired) electrons. The third kappa shape index (κ3) is 4.48. The van der Waals surface area contributed by atoms with Gasteiger partial charge < -0.3 is 5.32 Å². The molecule has 1 amide bonds. The maximum absolute atomic E-state index is 12.8. The maximum Gasteiger partial charge on any atom is 0.234 e. The predicted octanol–water partition coefficient (Wildman–Crippen LogP) is 5.73. The van der Waals surface area contributed by atoms with Crippen molar-refractivity contribution in [1.82, 2.24) is 4.98 Å². The van der Waals surface area contributed by atoms with Crippen molar-refractivity contribution < 1.29 is 4.79 Å². The van der Waals surface area contributed by atoms with Crippen LogP contribution in [0.1, 0.15) is 79.5 Å². The van der Waals surface area contributed by atoms with Gasteiger partial charge in [0.25, 0.3) is 0 Å². The minimum Gasteiger partial charge on any atom is -0.325 e. The Labute approximate surface area is 178 Å². The summed E-state index contributed by atoms with van der Waals surface area (Å²) in [6.07, 6.45) is 3.05. The molecule has 0 spiro atoms. The summed E-state index contributed by atoms with van der Waals surface area (Å²) in [4.78, 5) is 17.5. The molecule has 1 aliphatic rings. The van der Waals surface area contributed by atoms with Crippen LogP contribution in [0, 0.1) is 18.3 Å². The molecule has 0 fully saturated rings. The maximum atomic E-state index is 12.8. The first kappa shape index (κ1) is 21.4. The van der Waals surface area contributed by atoms with Crippen LogP contribution in [-0.2, 0) is 17.6 Å². The number of pyridine rings is 1. The number of para-hydroxylation sites is 1. The van der Waals surface area contributed by atoms with Crippen molar-refractivity contribution in [2.75, 3.05) is 11.1 Å². The first-order valence-corrected chi connectivity index (χ1v) is 11.3. The quantitative estimate of drug-likeness (QED) is 0.621. The van der Waals surface area contributed by atoms with E-state index in [2.05, 4.69) is 57.3 Å². The van der Waals surface area contributed by atoms with E-state index in [1.54, 1.807) is 0 Å². The number of rotatable bonds is 6. The highest BCUT2D eigenvalue weighted by molar-refractivity contribution is 8.00. The van der Waals surface area contributed by atoms with Gasteiger partial charge in [-0.2, -0.15) is 5.26 Å². The first-order valence-electron chi connectivity index (χ1n) is 10.3. The van der Waals surface area contributed by atoms with Crippen molar-refractivity contribution in [1.29, 1.82) is 5.26 Å². The molecule has 1 N–H and O–H groups in total. The fourth-order valence-corrected chi connectivity index (χ4v) is 4.84. The molecule has 1 aromatic heterocycles. The number of amides is 1. The number of nitrogens with zero attached hydrogens (tertiary/aromatic N) is 2. The van der Waals surface area contributed by atoms with E-state index >= 15 is 0 Å². The standard InChI is InChI=1S/C24H29N3OS/c1-14(2)17-8-6-9-18(15(3)4)23(17)27-22(28)13-29-24-20(12-25)16(5)19-10-7-11-21(19)26-24/h6,8-9,14-15H,7,10-11,13H2,1-5H3,(H,27,28). The van der Waals surface area contributed by atoms with E-state index < -0.39 is 0 Å². The molecular weight excluding hydrogens is 378 g/mol. The second-order valence-corrected chi connectivity index (χ2v) is 9.23. The van der Waals surface area contributed by atoms with Gasteiger partial charge in [0.05, 0.1) is 11.3 Å². The van der Waals surface area contributed by atoms with Crippen LogP contribution < -0.4 is 5.32 Å². The topological polar surface area (TPSA) is 65.8 Å². The number of carbonyl (C=O) groups excluding carboxylic acids is 1. The second kappa shape index (κ2) is 9.00. The van der Waals surface area contributed by atoms with Crippen LogP contribution in [0.25, 0.3) is 0 Å². The molecule has 0 saturated heterocycles. The molecule has 2 aromatic rings. The van der Waals surface area contributed by atoms with E-state index in [9.17, 15) is 10.1 Å². The summed E-state index contributed by atoms with van der Waals surface area (Å²) < 4.78 is 0. The highest BCUT2D eigenvalue weighted by atomic mass is 32.2. The van der Waals surface area contributed by atoms with E-state index in [0.717, 1.165) is 47.3 Å². The van der Waals surface area contributed by atoms with Crippen LogP contribution in [0.15, 0.2) is 23.2 Å². The number of benzene rings is 1. The number of carbonyl (C=O) groups is 1. The van der Waals surface area contributed by atoms with Gasteiger partial charge in [-0.15, -0.1) is 0 Å². The Morgan fingerprint density at radius 1 is 1.21 bits per heavy atom. The van der Waals surface area contributed by atoms with Crippen LogP contribution in [0.3, 0.4) is 0 Å². The van der Waals surface area contributed by atoms with Crippen molar-refractivity contribution in [3.8, 4) is 6.07 Å². The number of fused-ring (bicyclic) bond motifs is 1. The Kier molecular flexibility index (Phi) is 6.64. The van der Waals surface area contributed by atoms with Gasteiger partial charge in [0.2, 0.25) is 5.91 Å². The van der Waals surface area contributed by atoms with Crippen LogP contribution >= 0.6 is 11.8 Å². The number of thioether (sulfide) groups is 1. The summed E-state index contributed by atoms with van der Waals surface area (Å²) in [5.41, 5.74) is 7.21. The summed E-state index contributed by atoms with van der Waals surface area (Å²) in [5, 5.41) is 13.5. The highest BCUT2D eigenvalue weighted by Gasteiger charge is 2.22. The van der Waals surface area contributed by atoms with Crippen LogP contribution in [0.4, 0.5) is 5.69 Å². The number of anilines is 1. The van der Waals surface area contributed by atoms with Crippen LogP contribution in [0.5, 0.6) is 0 Å². The molecule has 5 heteroatoms.